The maximum Gasteiger partial charge on any atom is 0.411 e. The molecule has 0 atom stereocenters. The molecule has 0 saturated carbocycles. The number of amides is 1. The lowest BCUT2D eigenvalue weighted by Gasteiger charge is -2.09. The van der Waals surface area contributed by atoms with E-state index in [2.05, 4.69) is 22.3 Å². The minimum absolute atomic E-state index is 0.183. The number of ether oxygens (including phenoxy) is 1. The highest BCUT2D eigenvalue weighted by molar-refractivity contribution is 7.86. The smallest absolute Gasteiger partial charge is 0.411 e. The summed E-state index contributed by atoms with van der Waals surface area (Å²) < 4.78 is 36.5. The molecule has 1 rings (SSSR count). The monoisotopic (exact) mass is 370 g/mol. The molecule has 0 unspecified atom stereocenters. The van der Waals surface area contributed by atoms with E-state index in [1.165, 1.54) is 25.3 Å². The Kier molecular flexibility index (Phi) is 8.76. The van der Waals surface area contributed by atoms with Crippen LogP contribution >= 0.6 is 0 Å². The normalized spacial score (nSPS) is 10.8. The minimum atomic E-state index is -4.54. The van der Waals surface area contributed by atoms with Gasteiger partial charge in [0.1, 0.15) is 4.90 Å². The summed E-state index contributed by atoms with van der Waals surface area (Å²) in [5.74, 6) is 0. The Hall–Kier alpha value is -2.29. The van der Waals surface area contributed by atoms with Crippen LogP contribution in [-0.2, 0) is 14.9 Å². The molecule has 0 aliphatic rings. The second-order valence-electron chi connectivity index (χ2n) is 5.38. The van der Waals surface area contributed by atoms with Crippen molar-refractivity contribution in [3.05, 3.63) is 28.6 Å². The highest BCUT2D eigenvalue weighted by atomic mass is 32.2. The first-order valence-electron chi connectivity index (χ1n) is 7.99. The number of hydrogen-bond donors (Lipinski definition) is 2. The molecule has 0 aliphatic heterocycles. The zero-order valence-corrected chi connectivity index (χ0v) is 14.8. The Morgan fingerprint density at radius 3 is 2.60 bits per heavy atom. The predicted molar refractivity (Wildman–Crippen MR) is 93.4 cm³/mol. The number of benzene rings is 1. The van der Waals surface area contributed by atoms with E-state index in [-0.39, 0.29) is 18.0 Å². The third-order valence-electron chi connectivity index (χ3n) is 3.37. The third kappa shape index (κ3) is 7.88. The van der Waals surface area contributed by atoms with Crippen molar-refractivity contribution in [3.63, 3.8) is 0 Å². The number of rotatable bonds is 10. The Morgan fingerprint density at radius 1 is 1.28 bits per heavy atom. The van der Waals surface area contributed by atoms with Crippen molar-refractivity contribution in [3.8, 4) is 0 Å². The Bertz CT molecular complexity index is 729. The molecule has 25 heavy (non-hydrogen) atoms. The molecule has 9 nitrogen and oxygen atoms in total. The molecular weight excluding hydrogens is 348 g/mol. The fraction of sp³-hybridized carbons (Fsp3) is 0.533. The van der Waals surface area contributed by atoms with Crippen molar-refractivity contribution < 1.29 is 22.5 Å². The molecule has 0 spiro atoms. The average molecular weight is 370 g/mol. The SMILES string of the molecule is CCCCCCCCOC(=O)Nc1ccc(S(=O)(=O)O)c(N=[N+]=[N-])c1. The van der Waals surface area contributed by atoms with Crippen LogP contribution in [0.4, 0.5) is 16.2 Å². The molecule has 0 aliphatic carbocycles. The molecule has 1 aromatic carbocycles. The summed E-state index contributed by atoms with van der Waals surface area (Å²) in [6.45, 7) is 2.42. The van der Waals surface area contributed by atoms with Crippen molar-refractivity contribution in [2.45, 2.75) is 50.3 Å². The summed E-state index contributed by atoms with van der Waals surface area (Å²) in [6, 6.07) is 3.42. The van der Waals surface area contributed by atoms with Gasteiger partial charge in [0.15, 0.2) is 0 Å². The van der Waals surface area contributed by atoms with E-state index in [1.807, 2.05) is 0 Å². The number of nitrogens with one attached hydrogen (secondary N) is 1. The first kappa shape index (κ1) is 20.8. The predicted octanol–water partition coefficient (Wildman–Crippen LogP) is 4.78. The van der Waals surface area contributed by atoms with Crippen molar-refractivity contribution in [1.82, 2.24) is 0 Å². The highest BCUT2D eigenvalue weighted by Crippen LogP contribution is 2.28. The maximum absolute atomic E-state index is 11.7. The van der Waals surface area contributed by atoms with Crippen LogP contribution in [0.5, 0.6) is 0 Å². The van der Waals surface area contributed by atoms with Gasteiger partial charge in [0, 0.05) is 10.6 Å². The van der Waals surface area contributed by atoms with Crippen molar-refractivity contribution >= 4 is 27.6 Å². The van der Waals surface area contributed by atoms with Crippen LogP contribution in [0, 0.1) is 0 Å². The number of carbonyl (C=O) groups excluding carboxylic acids is 1. The Balaban J connectivity index is 2.55. The number of nitrogens with zero attached hydrogens (tertiary/aromatic N) is 3. The van der Waals surface area contributed by atoms with Gasteiger partial charge in [-0.25, -0.2) is 4.79 Å². The number of carbonyl (C=O) groups is 1. The zero-order valence-electron chi connectivity index (χ0n) is 14.0. The fourth-order valence-corrected chi connectivity index (χ4v) is 2.74. The van der Waals surface area contributed by atoms with Crippen LogP contribution < -0.4 is 5.32 Å². The van der Waals surface area contributed by atoms with Crippen molar-refractivity contribution in [1.29, 1.82) is 0 Å². The first-order chi connectivity index (χ1) is 11.9. The van der Waals surface area contributed by atoms with Gasteiger partial charge in [0.05, 0.1) is 12.3 Å². The van der Waals surface area contributed by atoms with Crippen LogP contribution in [-0.4, -0.2) is 25.7 Å². The topological polar surface area (TPSA) is 141 Å². The lowest BCUT2D eigenvalue weighted by molar-refractivity contribution is 0.159. The standard InChI is InChI=1S/C15H22N4O5S/c1-2-3-4-5-6-7-10-24-15(20)17-12-8-9-14(25(21,22)23)13(11-12)18-19-16/h8-9,11H,2-7,10H2,1H3,(H,17,20)(H,21,22,23). The molecule has 0 radical (unpaired) electrons. The Morgan fingerprint density at radius 2 is 1.96 bits per heavy atom. The molecule has 0 heterocycles. The van der Waals surface area contributed by atoms with E-state index in [1.54, 1.807) is 0 Å². The molecule has 2 N–H and O–H groups in total. The van der Waals surface area contributed by atoms with Gasteiger partial charge in [-0.1, -0.05) is 44.1 Å². The molecule has 0 saturated heterocycles. The van der Waals surface area contributed by atoms with Gasteiger partial charge < -0.3 is 4.74 Å². The van der Waals surface area contributed by atoms with Gasteiger partial charge in [-0.05, 0) is 30.2 Å². The number of unbranched alkanes of at least 4 members (excludes halogenated alkanes) is 5. The van der Waals surface area contributed by atoms with E-state index < -0.39 is 21.1 Å². The minimum Gasteiger partial charge on any atom is -0.449 e. The summed E-state index contributed by atoms with van der Waals surface area (Å²) in [5, 5.41) is 5.61. The van der Waals surface area contributed by atoms with Crippen LogP contribution in [0.2, 0.25) is 0 Å². The van der Waals surface area contributed by atoms with Crippen molar-refractivity contribution in [2.75, 3.05) is 11.9 Å². The van der Waals surface area contributed by atoms with Gasteiger partial charge in [0.25, 0.3) is 10.1 Å². The Labute approximate surface area is 146 Å². The quantitative estimate of drug-likeness (QED) is 0.200. The van der Waals surface area contributed by atoms with Gasteiger partial charge in [0.2, 0.25) is 0 Å². The third-order valence-corrected chi connectivity index (χ3v) is 4.27. The molecule has 0 aromatic heterocycles. The van der Waals surface area contributed by atoms with Gasteiger partial charge in [-0.15, -0.1) is 0 Å². The van der Waals surface area contributed by atoms with Crippen LogP contribution in [0.1, 0.15) is 45.4 Å². The van der Waals surface area contributed by atoms with E-state index in [4.69, 9.17) is 14.8 Å². The molecule has 1 aromatic rings. The summed E-state index contributed by atoms with van der Waals surface area (Å²) in [7, 11) is -4.54. The molecular formula is C15H22N4O5S. The zero-order chi connectivity index (χ0) is 18.7. The van der Waals surface area contributed by atoms with Gasteiger partial charge >= 0.3 is 6.09 Å². The lowest BCUT2D eigenvalue weighted by atomic mass is 10.1. The summed E-state index contributed by atoms with van der Waals surface area (Å²) >= 11 is 0. The maximum atomic E-state index is 11.7. The summed E-state index contributed by atoms with van der Waals surface area (Å²) in [6.07, 6.45) is 5.71. The van der Waals surface area contributed by atoms with E-state index in [0.29, 0.717) is 0 Å². The molecule has 138 valence electrons. The number of azide groups is 1. The summed E-state index contributed by atoms with van der Waals surface area (Å²) in [4.78, 5) is 13.6. The largest absolute Gasteiger partial charge is 0.449 e. The second-order valence-corrected chi connectivity index (χ2v) is 6.77. The number of anilines is 1. The fourth-order valence-electron chi connectivity index (χ4n) is 2.14. The van der Waals surface area contributed by atoms with Gasteiger partial charge in [-0.3, -0.25) is 9.87 Å². The van der Waals surface area contributed by atoms with E-state index in [0.717, 1.165) is 31.4 Å². The van der Waals surface area contributed by atoms with Gasteiger partial charge in [-0.2, -0.15) is 8.42 Å². The molecule has 10 heteroatoms. The highest BCUT2D eigenvalue weighted by Gasteiger charge is 2.15. The molecule has 0 fully saturated rings. The molecule has 0 bridgehead atoms. The lowest BCUT2D eigenvalue weighted by Crippen LogP contribution is -2.14. The second kappa shape index (κ2) is 10.5. The first-order valence-corrected chi connectivity index (χ1v) is 9.43. The van der Waals surface area contributed by atoms with Crippen LogP contribution in [0.25, 0.3) is 10.4 Å². The van der Waals surface area contributed by atoms with Crippen molar-refractivity contribution in [2.24, 2.45) is 5.11 Å². The molecule has 1 amide bonds. The van der Waals surface area contributed by atoms with Crippen LogP contribution in [0.3, 0.4) is 0 Å². The average Bonchev–Trinajstić information content (AvgIpc) is 2.53. The summed E-state index contributed by atoms with van der Waals surface area (Å²) in [5.41, 5.74) is 8.34. The van der Waals surface area contributed by atoms with Crippen LogP contribution in [0.15, 0.2) is 28.2 Å². The van der Waals surface area contributed by atoms with E-state index in [9.17, 15) is 13.2 Å². The number of hydrogen-bond acceptors (Lipinski definition) is 5. The van der Waals surface area contributed by atoms with E-state index >= 15 is 0 Å².